The molecule has 0 aliphatic carbocycles. The third-order valence-electron chi connectivity index (χ3n) is 10.9. The fraction of sp³-hybridized carbons (Fsp3) is 0.367. The van der Waals surface area contributed by atoms with Crippen molar-refractivity contribution in [1.29, 1.82) is 0 Å². The van der Waals surface area contributed by atoms with E-state index < -0.39 is 59.4 Å². The van der Waals surface area contributed by atoms with Gasteiger partial charge in [0, 0.05) is 30.0 Å². The lowest BCUT2D eigenvalue weighted by Gasteiger charge is -2.29. The average molecular weight is 885 g/mol. The van der Waals surface area contributed by atoms with Crippen molar-refractivity contribution in [3.05, 3.63) is 114 Å². The van der Waals surface area contributed by atoms with E-state index in [4.69, 9.17) is 14.5 Å². The minimum atomic E-state index is -1.05. The molecule has 0 radical (unpaired) electrons. The number of alkyl carbamates (subject to hydrolysis) is 2. The number of anilines is 2. The Morgan fingerprint density at radius 2 is 1.06 bits per heavy atom. The Kier molecular flexibility index (Phi) is 13.6. The standard InChI is InChI=1S/C49H56N8O8/c1-48(2,3)64-46(62)54-39(30-15-9-7-10-16-30)44(60)56-27-13-19-37(56)42(58)50-33-23-21-32(22-24-33)41-52-35-26-25-34(29-36(35)53-41)51-43(59)38-20-14-28-57(38)45(61)40(31-17-11-8-12-18-31)55-47(63)65-49(4,5)6/h7-12,15-18,21-26,29,37-40H,13-14,19-20,27-28H2,1-6H3,(H,50,58)(H,51,59)(H,52,53)(H,54,62)(H,55,63)/t37-,38?,39+,40+/m0/s1. The normalized spacial score (nSPS) is 17.2. The van der Waals surface area contributed by atoms with E-state index in [0.29, 0.717) is 78.1 Å². The van der Waals surface area contributed by atoms with Crippen molar-refractivity contribution in [2.45, 2.75) is 103 Å². The van der Waals surface area contributed by atoms with Crippen molar-refractivity contribution in [1.82, 2.24) is 30.4 Å². The number of ether oxygens (including phenoxy) is 2. The summed E-state index contributed by atoms with van der Waals surface area (Å²) >= 11 is 0. The van der Waals surface area contributed by atoms with E-state index in [1.54, 1.807) is 120 Å². The molecule has 4 atom stereocenters. The largest absolute Gasteiger partial charge is 0.444 e. The Morgan fingerprint density at radius 1 is 0.615 bits per heavy atom. The summed E-state index contributed by atoms with van der Waals surface area (Å²) in [5.74, 6) is -0.939. The highest BCUT2D eigenvalue weighted by Crippen LogP contribution is 2.29. The molecule has 4 aromatic carbocycles. The fourth-order valence-electron chi connectivity index (χ4n) is 8.04. The number of imidazole rings is 1. The third kappa shape index (κ3) is 11.5. The Bertz CT molecular complexity index is 2530. The van der Waals surface area contributed by atoms with Crippen LogP contribution in [0, 0.1) is 0 Å². The molecular formula is C49H56N8O8. The molecule has 2 aliphatic heterocycles. The van der Waals surface area contributed by atoms with Crippen LogP contribution in [0.3, 0.4) is 0 Å². The topological polar surface area (TPSA) is 204 Å². The number of fused-ring (bicyclic) bond motifs is 1. The van der Waals surface area contributed by atoms with Gasteiger partial charge in [-0.2, -0.15) is 0 Å². The van der Waals surface area contributed by atoms with Crippen molar-refractivity contribution in [3.63, 3.8) is 0 Å². The van der Waals surface area contributed by atoms with E-state index in [-0.39, 0.29) is 11.8 Å². The van der Waals surface area contributed by atoms with E-state index in [0.717, 1.165) is 5.56 Å². The molecule has 5 aromatic rings. The van der Waals surface area contributed by atoms with Crippen molar-refractivity contribution in [3.8, 4) is 11.4 Å². The zero-order valence-corrected chi connectivity index (χ0v) is 37.5. The average Bonchev–Trinajstić information content (AvgIpc) is 4.05. The number of nitrogens with zero attached hydrogens (tertiary/aromatic N) is 3. The van der Waals surface area contributed by atoms with Gasteiger partial charge in [-0.25, -0.2) is 14.6 Å². The predicted octanol–water partition coefficient (Wildman–Crippen LogP) is 7.62. The van der Waals surface area contributed by atoms with E-state index in [1.165, 1.54) is 9.80 Å². The van der Waals surface area contributed by atoms with Gasteiger partial charge in [-0.1, -0.05) is 60.7 Å². The van der Waals surface area contributed by atoms with Gasteiger partial charge in [0.15, 0.2) is 0 Å². The van der Waals surface area contributed by atoms with Gasteiger partial charge in [-0.15, -0.1) is 0 Å². The summed E-state index contributed by atoms with van der Waals surface area (Å²) in [6.45, 7) is 11.2. The number of rotatable bonds is 11. The first-order chi connectivity index (χ1) is 30.9. The highest BCUT2D eigenvalue weighted by Gasteiger charge is 2.40. The SMILES string of the molecule is CC(C)(C)OC(=O)N[C@@H](C(=O)N1CCCC1C(=O)Nc1ccc2nc(-c3ccc(NC(=O)[C@@H]4CCCN4C(=O)[C@H](NC(=O)OC(C)(C)C)c4ccccc4)cc3)[nH]c2c1)c1ccccc1. The highest BCUT2D eigenvalue weighted by molar-refractivity contribution is 6.01. The predicted molar refractivity (Wildman–Crippen MR) is 245 cm³/mol. The van der Waals surface area contributed by atoms with E-state index >= 15 is 0 Å². The number of likely N-dealkylation sites (tertiary alicyclic amines) is 2. The second kappa shape index (κ2) is 19.3. The Labute approximate surface area is 377 Å². The molecule has 7 rings (SSSR count). The van der Waals surface area contributed by atoms with E-state index in [9.17, 15) is 28.8 Å². The first-order valence-corrected chi connectivity index (χ1v) is 21.8. The molecule has 0 spiro atoms. The molecule has 16 heteroatoms. The molecule has 65 heavy (non-hydrogen) atoms. The van der Waals surface area contributed by atoms with Crippen molar-refractivity contribution in [2.75, 3.05) is 23.7 Å². The molecule has 1 aromatic heterocycles. The Hall–Kier alpha value is -7.23. The van der Waals surface area contributed by atoms with Crippen LogP contribution in [0.1, 0.15) is 90.4 Å². The molecule has 0 bridgehead atoms. The Balaban J connectivity index is 0.988. The zero-order valence-electron chi connectivity index (χ0n) is 37.5. The Morgan fingerprint density at radius 3 is 1.52 bits per heavy atom. The number of amides is 6. The number of H-pyrrole nitrogens is 1. The van der Waals surface area contributed by atoms with Crippen LogP contribution in [0.2, 0.25) is 0 Å². The van der Waals surface area contributed by atoms with Crippen LogP contribution in [-0.2, 0) is 28.7 Å². The molecule has 1 unspecified atom stereocenters. The van der Waals surface area contributed by atoms with Crippen LogP contribution < -0.4 is 21.3 Å². The second-order valence-electron chi connectivity index (χ2n) is 18.2. The van der Waals surface area contributed by atoms with Gasteiger partial charge >= 0.3 is 12.2 Å². The smallest absolute Gasteiger partial charge is 0.408 e. The maximum atomic E-state index is 14.0. The summed E-state index contributed by atoms with van der Waals surface area (Å²) in [4.78, 5) is 92.2. The summed E-state index contributed by atoms with van der Waals surface area (Å²) in [7, 11) is 0. The lowest BCUT2D eigenvalue weighted by Crippen LogP contribution is -2.49. The molecule has 16 nitrogen and oxygen atoms in total. The highest BCUT2D eigenvalue weighted by atomic mass is 16.6. The van der Waals surface area contributed by atoms with Gasteiger partial charge < -0.3 is 45.5 Å². The second-order valence-corrected chi connectivity index (χ2v) is 18.2. The van der Waals surface area contributed by atoms with Crippen molar-refractivity contribution >= 4 is 58.2 Å². The number of carbonyl (C=O) groups excluding carboxylic acids is 6. The van der Waals surface area contributed by atoms with Crippen LogP contribution in [-0.4, -0.2) is 92.0 Å². The summed E-state index contributed by atoms with van der Waals surface area (Å²) in [6.07, 6.45) is 0.689. The van der Waals surface area contributed by atoms with Gasteiger partial charge in [-0.3, -0.25) is 19.2 Å². The molecule has 0 saturated carbocycles. The molecule has 2 aliphatic rings. The van der Waals surface area contributed by atoms with Gasteiger partial charge in [0.1, 0.15) is 41.2 Å². The van der Waals surface area contributed by atoms with Crippen LogP contribution in [0.25, 0.3) is 22.4 Å². The summed E-state index contributed by atoms with van der Waals surface area (Å²) in [6, 6.07) is 26.6. The number of aromatic amines is 1. The minimum Gasteiger partial charge on any atom is -0.444 e. The van der Waals surface area contributed by atoms with Crippen LogP contribution in [0.4, 0.5) is 21.0 Å². The number of hydrogen-bond acceptors (Lipinski definition) is 9. The summed E-state index contributed by atoms with van der Waals surface area (Å²) in [5, 5.41) is 11.3. The molecule has 2 fully saturated rings. The molecule has 340 valence electrons. The molecular weight excluding hydrogens is 829 g/mol. The molecule has 6 amide bonds. The zero-order chi connectivity index (χ0) is 46.5. The van der Waals surface area contributed by atoms with Gasteiger partial charge in [0.2, 0.25) is 11.8 Å². The number of carbonyl (C=O) groups is 6. The lowest BCUT2D eigenvalue weighted by atomic mass is 10.0. The monoisotopic (exact) mass is 884 g/mol. The summed E-state index contributed by atoms with van der Waals surface area (Å²) < 4.78 is 10.9. The molecule has 2 saturated heterocycles. The molecule has 3 heterocycles. The first-order valence-electron chi connectivity index (χ1n) is 21.8. The van der Waals surface area contributed by atoms with Gasteiger partial charge in [0.05, 0.1) is 11.0 Å². The van der Waals surface area contributed by atoms with Crippen LogP contribution >= 0.6 is 0 Å². The van der Waals surface area contributed by atoms with Gasteiger partial charge in [-0.05, 0) is 121 Å². The molecule has 5 N–H and O–H groups in total. The maximum absolute atomic E-state index is 14.0. The fourth-order valence-corrected chi connectivity index (χ4v) is 8.04. The van der Waals surface area contributed by atoms with E-state index in [1.807, 2.05) is 24.3 Å². The van der Waals surface area contributed by atoms with Crippen LogP contribution in [0.5, 0.6) is 0 Å². The minimum absolute atomic E-state index is 0.343. The lowest BCUT2D eigenvalue weighted by molar-refractivity contribution is -0.138. The van der Waals surface area contributed by atoms with Crippen molar-refractivity contribution < 1.29 is 38.2 Å². The quantitative estimate of drug-likeness (QED) is 0.0884. The number of aromatic nitrogens is 2. The van der Waals surface area contributed by atoms with Gasteiger partial charge in [0.25, 0.3) is 11.8 Å². The third-order valence-corrected chi connectivity index (χ3v) is 10.9. The number of nitrogens with one attached hydrogen (secondary N) is 5. The van der Waals surface area contributed by atoms with Crippen molar-refractivity contribution in [2.24, 2.45) is 0 Å². The van der Waals surface area contributed by atoms with E-state index in [2.05, 4.69) is 26.3 Å². The number of benzene rings is 4. The summed E-state index contributed by atoms with van der Waals surface area (Å²) in [5.41, 5.74) is 2.72. The number of hydrogen-bond donors (Lipinski definition) is 5. The van der Waals surface area contributed by atoms with Crippen LogP contribution in [0.15, 0.2) is 103 Å². The maximum Gasteiger partial charge on any atom is 0.408 e. The first kappa shape index (κ1) is 45.8.